The Balaban J connectivity index is 1.80. The van der Waals surface area contributed by atoms with Crippen LogP contribution in [0.2, 0.25) is 0 Å². The Morgan fingerprint density at radius 2 is 1.91 bits per heavy atom. The standard InChI is InChI=1S/C22H30N4O4S2/c1-4-6-12-25(3)32(29,30)16-9-7-15(8-10-16)21(28)24-22-19(20(23)27)17-11-13-26(5-2)14-18(17)31-22/h7-10H,4-6,11-14H2,1-3H3,(H2,23,27)(H,24,28)/p+1. The molecule has 0 aliphatic carbocycles. The van der Waals surface area contributed by atoms with Crippen molar-refractivity contribution >= 4 is 38.2 Å². The number of quaternary nitrogens is 1. The minimum Gasteiger partial charge on any atom is -0.365 e. The van der Waals surface area contributed by atoms with Crippen molar-refractivity contribution in [2.24, 2.45) is 5.73 Å². The van der Waals surface area contributed by atoms with Gasteiger partial charge in [-0.3, -0.25) is 9.59 Å². The van der Waals surface area contributed by atoms with E-state index < -0.39 is 21.8 Å². The molecule has 1 atom stereocenters. The molecule has 0 bridgehead atoms. The van der Waals surface area contributed by atoms with Gasteiger partial charge in [-0.25, -0.2) is 12.7 Å². The minimum absolute atomic E-state index is 0.139. The SMILES string of the molecule is CCCCN(C)S(=O)(=O)c1ccc(C(=O)Nc2sc3c(c2C(N)=O)CC[NH+](CC)C3)cc1. The van der Waals surface area contributed by atoms with Gasteiger partial charge in [0.1, 0.15) is 11.5 Å². The van der Waals surface area contributed by atoms with Gasteiger partial charge in [-0.1, -0.05) is 13.3 Å². The van der Waals surface area contributed by atoms with E-state index in [0.29, 0.717) is 22.7 Å². The Morgan fingerprint density at radius 1 is 1.22 bits per heavy atom. The summed E-state index contributed by atoms with van der Waals surface area (Å²) in [5.74, 6) is -0.955. The zero-order valence-electron chi connectivity index (χ0n) is 18.7. The number of primary amides is 1. The number of amides is 2. The molecular weight excluding hydrogens is 448 g/mol. The third-order valence-corrected chi connectivity index (χ3v) is 8.87. The van der Waals surface area contributed by atoms with Crippen LogP contribution in [0.25, 0.3) is 0 Å². The van der Waals surface area contributed by atoms with Gasteiger partial charge >= 0.3 is 0 Å². The topological polar surface area (TPSA) is 114 Å². The number of likely N-dealkylation sites (N-methyl/N-ethyl adjacent to an activating group) is 1. The van der Waals surface area contributed by atoms with Crippen molar-refractivity contribution in [1.29, 1.82) is 0 Å². The largest absolute Gasteiger partial charge is 0.365 e. The Labute approximate surface area is 193 Å². The second kappa shape index (κ2) is 10.1. The van der Waals surface area contributed by atoms with Crippen molar-refractivity contribution in [2.45, 2.75) is 44.6 Å². The molecule has 8 nitrogen and oxygen atoms in total. The lowest BCUT2D eigenvalue weighted by Crippen LogP contribution is -3.11. The molecule has 1 aromatic heterocycles. The van der Waals surface area contributed by atoms with Crippen molar-refractivity contribution in [3.05, 3.63) is 45.8 Å². The summed E-state index contributed by atoms with van der Waals surface area (Å²) in [5, 5.41) is 3.28. The molecule has 2 aromatic rings. The number of nitrogens with zero attached hydrogens (tertiary/aromatic N) is 1. The first-order chi connectivity index (χ1) is 15.2. The van der Waals surface area contributed by atoms with Crippen LogP contribution in [0.1, 0.15) is 57.8 Å². The highest BCUT2D eigenvalue weighted by molar-refractivity contribution is 7.89. The summed E-state index contributed by atoms with van der Waals surface area (Å²) in [5.41, 5.74) is 7.27. The number of nitrogens with one attached hydrogen (secondary N) is 2. The Kier molecular flexibility index (Phi) is 7.71. The average Bonchev–Trinajstić information content (AvgIpc) is 3.14. The summed E-state index contributed by atoms with van der Waals surface area (Å²) < 4.78 is 26.7. The van der Waals surface area contributed by atoms with Crippen LogP contribution in [0.15, 0.2) is 29.2 Å². The molecule has 10 heteroatoms. The van der Waals surface area contributed by atoms with Gasteiger partial charge in [0.15, 0.2) is 0 Å². The molecule has 32 heavy (non-hydrogen) atoms. The number of thiophene rings is 1. The number of hydrogen-bond donors (Lipinski definition) is 3. The number of rotatable bonds is 9. The molecule has 0 saturated heterocycles. The third kappa shape index (κ3) is 5.03. The fourth-order valence-corrected chi connectivity index (χ4v) is 6.35. The van der Waals surface area contributed by atoms with Crippen LogP contribution in [0.5, 0.6) is 0 Å². The highest BCUT2D eigenvalue weighted by Gasteiger charge is 2.29. The number of sulfonamides is 1. The molecule has 1 unspecified atom stereocenters. The lowest BCUT2D eigenvalue weighted by molar-refractivity contribution is -0.913. The van der Waals surface area contributed by atoms with Crippen LogP contribution in [-0.4, -0.2) is 51.2 Å². The first-order valence-electron chi connectivity index (χ1n) is 10.8. The van der Waals surface area contributed by atoms with Gasteiger partial charge < -0.3 is 16.0 Å². The molecule has 1 aliphatic heterocycles. The molecule has 0 fully saturated rings. The molecule has 4 N–H and O–H groups in total. The number of nitrogens with two attached hydrogens (primary N) is 1. The fraction of sp³-hybridized carbons (Fsp3) is 0.455. The van der Waals surface area contributed by atoms with Gasteiger partial charge in [0.2, 0.25) is 10.0 Å². The summed E-state index contributed by atoms with van der Waals surface area (Å²) in [4.78, 5) is 27.6. The quantitative estimate of drug-likeness (QED) is 0.505. The van der Waals surface area contributed by atoms with E-state index >= 15 is 0 Å². The minimum atomic E-state index is -3.60. The lowest BCUT2D eigenvalue weighted by atomic mass is 10.0. The molecule has 1 aromatic carbocycles. The van der Waals surface area contributed by atoms with Crippen LogP contribution >= 0.6 is 11.3 Å². The Bertz CT molecular complexity index is 1090. The number of carbonyl (C=O) groups is 2. The molecule has 2 heterocycles. The van der Waals surface area contributed by atoms with Gasteiger partial charge in [0.05, 0.1) is 28.4 Å². The van der Waals surface area contributed by atoms with E-state index in [-0.39, 0.29) is 4.90 Å². The molecule has 0 radical (unpaired) electrons. The molecule has 0 spiro atoms. The predicted molar refractivity (Wildman–Crippen MR) is 126 cm³/mol. The maximum absolute atomic E-state index is 12.8. The van der Waals surface area contributed by atoms with Gasteiger partial charge in [0, 0.05) is 25.6 Å². The van der Waals surface area contributed by atoms with Crippen molar-refractivity contribution in [3.63, 3.8) is 0 Å². The van der Waals surface area contributed by atoms with Crippen LogP contribution in [0.3, 0.4) is 0 Å². The normalized spacial score (nSPS) is 16.1. The summed E-state index contributed by atoms with van der Waals surface area (Å²) in [6.45, 7) is 7.30. The molecule has 1 aliphatic rings. The number of unbranched alkanes of at least 4 members (excludes halogenated alkanes) is 1. The molecule has 2 amide bonds. The molecule has 174 valence electrons. The van der Waals surface area contributed by atoms with Gasteiger partial charge in [-0.2, -0.15) is 0 Å². The van der Waals surface area contributed by atoms with E-state index in [1.807, 2.05) is 6.92 Å². The van der Waals surface area contributed by atoms with Crippen LogP contribution in [-0.2, 0) is 23.0 Å². The smallest absolute Gasteiger partial charge is 0.256 e. The fourth-order valence-electron chi connectivity index (χ4n) is 3.82. The van der Waals surface area contributed by atoms with E-state index in [1.165, 1.54) is 44.8 Å². The number of carbonyl (C=O) groups excluding carboxylic acids is 2. The summed E-state index contributed by atoms with van der Waals surface area (Å²) >= 11 is 1.40. The monoisotopic (exact) mass is 479 g/mol. The number of anilines is 1. The zero-order chi connectivity index (χ0) is 23.5. The Hall–Kier alpha value is -2.27. The van der Waals surface area contributed by atoms with Crippen LogP contribution in [0.4, 0.5) is 5.00 Å². The zero-order valence-corrected chi connectivity index (χ0v) is 20.4. The third-order valence-electron chi connectivity index (χ3n) is 5.85. The van der Waals surface area contributed by atoms with Gasteiger partial charge in [0.25, 0.3) is 11.8 Å². The highest BCUT2D eigenvalue weighted by Crippen LogP contribution is 2.34. The van der Waals surface area contributed by atoms with Crippen molar-refractivity contribution in [2.75, 3.05) is 32.0 Å². The summed E-state index contributed by atoms with van der Waals surface area (Å²) in [7, 11) is -2.05. The molecular formula is C22H31N4O4S2+. The number of benzene rings is 1. The maximum Gasteiger partial charge on any atom is 0.256 e. The van der Waals surface area contributed by atoms with E-state index in [4.69, 9.17) is 5.73 Å². The number of fused-ring (bicyclic) bond motifs is 1. The average molecular weight is 480 g/mol. The van der Waals surface area contributed by atoms with E-state index in [1.54, 1.807) is 7.05 Å². The van der Waals surface area contributed by atoms with E-state index in [0.717, 1.165) is 49.3 Å². The van der Waals surface area contributed by atoms with Crippen molar-refractivity contribution in [1.82, 2.24) is 4.31 Å². The summed E-state index contributed by atoms with van der Waals surface area (Å²) in [6, 6.07) is 5.83. The molecule has 0 saturated carbocycles. The lowest BCUT2D eigenvalue weighted by Gasteiger charge is -2.22. The molecule has 3 rings (SSSR count). The van der Waals surface area contributed by atoms with Crippen LogP contribution in [0, 0.1) is 0 Å². The highest BCUT2D eigenvalue weighted by atomic mass is 32.2. The number of hydrogen-bond acceptors (Lipinski definition) is 5. The second-order valence-electron chi connectivity index (χ2n) is 8.01. The van der Waals surface area contributed by atoms with E-state index in [2.05, 4.69) is 12.2 Å². The summed E-state index contributed by atoms with van der Waals surface area (Å²) in [6.07, 6.45) is 2.43. The van der Waals surface area contributed by atoms with Crippen molar-refractivity contribution < 1.29 is 22.9 Å². The predicted octanol–water partition coefficient (Wildman–Crippen LogP) is 1.48. The van der Waals surface area contributed by atoms with Crippen molar-refractivity contribution in [3.8, 4) is 0 Å². The van der Waals surface area contributed by atoms with Gasteiger partial charge in [-0.15, -0.1) is 11.3 Å². The first-order valence-corrected chi connectivity index (χ1v) is 13.1. The van der Waals surface area contributed by atoms with Gasteiger partial charge in [-0.05, 0) is 43.2 Å². The second-order valence-corrected chi connectivity index (χ2v) is 11.2. The van der Waals surface area contributed by atoms with E-state index in [9.17, 15) is 18.0 Å². The maximum atomic E-state index is 12.8. The Morgan fingerprint density at radius 3 is 2.50 bits per heavy atom. The first kappa shape index (κ1) is 24.4. The van der Waals surface area contributed by atoms with Crippen LogP contribution < -0.4 is 16.0 Å².